The van der Waals surface area contributed by atoms with Gasteiger partial charge in [0.15, 0.2) is 0 Å². The monoisotopic (exact) mass is 260 g/mol. The van der Waals surface area contributed by atoms with Crippen LogP contribution >= 0.6 is 0 Å². The maximum atomic E-state index is 10.7. The van der Waals surface area contributed by atoms with Crippen molar-refractivity contribution in [3.8, 4) is 0 Å². The number of aromatic nitrogens is 2. The van der Waals surface area contributed by atoms with E-state index in [1.165, 1.54) is 5.56 Å². The molecule has 6 heteroatoms. The third kappa shape index (κ3) is 3.31. The highest BCUT2D eigenvalue weighted by molar-refractivity contribution is 5.40. The number of hydrogen-bond acceptors (Lipinski definition) is 4. The van der Waals surface area contributed by atoms with E-state index in [2.05, 4.69) is 5.10 Å². The van der Waals surface area contributed by atoms with Gasteiger partial charge in [0.05, 0.1) is 23.4 Å². The first-order valence-corrected chi connectivity index (χ1v) is 6.09. The summed E-state index contributed by atoms with van der Waals surface area (Å²) in [6, 6.07) is 7.74. The predicted octanol–water partition coefficient (Wildman–Crippen LogP) is 2.31. The molecule has 0 saturated carbocycles. The Hall–Kier alpha value is -2.37. The van der Waals surface area contributed by atoms with Gasteiger partial charge >= 0.3 is 5.82 Å². The van der Waals surface area contributed by atoms with Crippen LogP contribution in [0.25, 0.3) is 0 Å². The number of hydrogen-bond donors (Lipinski definition) is 1. The smallest absolute Gasteiger partial charge is 0.392 e. The number of nitrogens with zero attached hydrogens (tertiary/aromatic N) is 3. The van der Waals surface area contributed by atoms with E-state index in [1.54, 1.807) is 17.8 Å². The Morgan fingerprint density at radius 1 is 1.47 bits per heavy atom. The lowest BCUT2D eigenvalue weighted by molar-refractivity contribution is -0.390. The molecule has 6 nitrogen and oxygen atoms in total. The summed E-state index contributed by atoms with van der Waals surface area (Å²) in [5.74, 6) is -0.0658. The van der Waals surface area contributed by atoms with Gasteiger partial charge in [0, 0.05) is 5.69 Å². The lowest BCUT2D eigenvalue weighted by Crippen LogP contribution is -2.01. The minimum Gasteiger partial charge on any atom is -0.399 e. The van der Waals surface area contributed by atoms with Gasteiger partial charge in [-0.2, -0.15) is 4.68 Å². The van der Waals surface area contributed by atoms with Crippen LogP contribution < -0.4 is 5.73 Å². The van der Waals surface area contributed by atoms with E-state index >= 15 is 0 Å². The number of aryl methyl sites for hydroxylation is 3. The van der Waals surface area contributed by atoms with Crippen LogP contribution in [0.4, 0.5) is 11.5 Å². The first-order chi connectivity index (χ1) is 9.06. The average molecular weight is 260 g/mol. The standard InChI is InChI=1S/C13H16N4O2/c1-10-9-16(15-13(10)17(18)19)7-3-5-11-4-2-6-12(14)8-11/h2,4,6,8-9H,3,5,7,14H2,1H3. The summed E-state index contributed by atoms with van der Waals surface area (Å²) >= 11 is 0. The van der Waals surface area contributed by atoms with Crippen LogP contribution in [-0.4, -0.2) is 14.7 Å². The van der Waals surface area contributed by atoms with Gasteiger partial charge in [0.2, 0.25) is 0 Å². The SMILES string of the molecule is Cc1cn(CCCc2cccc(N)c2)nc1[N+](=O)[O-]. The molecule has 0 aliphatic carbocycles. The van der Waals surface area contributed by atoms with Crippen molar-refractivity contribution in [1.29, 1.82) is 0 Å². The molecule has 0 radical (unpaired) electrons. The van der Waals surface area contributed by atoms with Gasteiger partial charge in [0.25, 0.3) is 0 Å². The molecule has 2 aromatic rings. The van der Waals surface area contributed by atoms with E-state index in [4.69, 9.17) is 5.73 Å². The highest BCUT2D eigenvalue weighted by atomic mass is 16.6. The Kier molecular flexibility index (Phi) is 3.79. The Morgan fingerprint density at radius 2 is 2.26 bits per heavy atom. The molecule has 0 fully saturated rings. The second-order valence-corrected chi connectivity index (χ2v) is 4.50. The molecular formula is C13H16N4O2. The fourth-order valence-electron chi connectivity index (χ4n) is 2.00. The zero-order valence-electron chi connectivity index (χ0n) is 10.7. The van der Waals surface area contributed by atoms with Crippen molar-refractivity contribution in [2.75, 3.05) is 5.73 Å². The molecule has 1 aromatic heterocycles. The fraction of sp³-hybridized carbons (Fsp3) is 0.308. The van der Waals surface area contributed by atoms with Gasteiger partial charge in [-0.05, 0) is 42.4 Å². The molecule has 0 saturated heterocycles. The van der Waals surface area contributed by atoms with Gasteiger partial charge in [-0.1, -0.05) is 12.1 Å². The molecule has 0 atom stereocenters. The van der Waals surface area contributed by atoms with Crippen LogP contribution in [0.1, 0.15) is 17.5 Å². The van der Waals surface area contributed by atoms with E-state index in [0.717, 1.165) is 18.5 Å². The van der Waals surface area contributed by atoms with Crippen molar-refractivity contribution in [2.24, 2.45) is 0 Å². The molecule has 0 aliphatic rings. The molecule has 0 amide bonds. The van der Waals surface area contributed by atoms with E-state index in [1.807, 2.05) is 24.3 Å². The molecule has 2 N–H and O–H groups in total. The first kappa shape index (κ1) is 13.1. The van der Waals surface area contributed by atoms with Crippen LogP contribution in [0.15, 0.2) is 30.5 Å². The van der Waals surface area contributed by atoms with Crippen molar-refractivity contribution in [2.45, 2.75) is 26.3 Å². The summed E-state index contributed by atoms with van der Waals surface area (Å²) in [6.45, 7) is 2.35. The second-order valence-electron chi connectivity index (χ2n) is 4.50. The normalized spacial score (nSPS) is 10.6. The Labute approximate surface area is 111 Å². The summed E-state index contributed by atoms with van der Waals surface area (Å²) in [5, 5.41) is 14.6. The van der Waals surface area contributed by atoms with E-state index < -0.39 is 4.92 Å². The quantitative estimate of drug-likeness (QED) is 0.507. The number of anilines is 1. The minimum absolute atomic E-state index is 0.0658. The molecule has 100 valence electrons. The molecule has 19 heavy (non-hydrogen) atoms. The van der Waals surface area contributed by atoms with Crippen molar-refractivity contribution >= 4 is 11.5 Å². The first-order valence-electron chi connectivity index (χ1n) is 6.09. The molecule has 0 unspecified atom stereocenters. The molecule has 1 aromatic carbocycles. The van der Waals surface area contributed by atoms with Crippen LogP contribution in [0.5, 0.6) is 0 Å². The van der Waals surface area contributed by atoms with Crippen LogP contribution in [-0.2, 0) is 13.0 Å². The van der Waals surface area contributed by atoms with Gasteiger partial charge in [-0.25, -0.2) is 0 Å². The summed E-state index contributed by atoms with van der Waals surface area (Å²) in [4.78, 5) is 10.2. The summed E-state index contributed by atoms with van der Waals surface area (Å²) < 4.78 is 1.62. The van der Waals surface area contributed by atoms with E-state index in [0.29, 0.717) is 12.1 Å². The second kappa shape index (κ2) is 5.51. The van der Waals surface area contributed by atoms with E-state index in [9.17, 15) is 10.1 Å². The van der Waals surface area contributed by atoms with Gasteiger partial charge in [-0.15, -0.1) is 0 Å². The number of rotatable bonds is 5. The molecule has 0 aliphatic heterocycles. The van der Waals surface area contributed by atoms with Crippen LogP contribution in [0.3, 0.4) is 0 Å². The van der Waals surface area contributed by atoms with Crippen LogP contribution in [0, 0.1) is 17.0 Å². The molecule has 1 heterocycles. The average Bonchev–Trinajstić information content (AvgIpc) is 2.71. The van der Waals surface area contributed by atoms with E-state index in [-0.39, 0.29) is 5.82 Å². The van der Waals surface area contributed by atoms with Gasteiger partial charge < -0.3 is 15.8 Å². The number of nitrogens with two attached hydrogens (primary N) is 1. The maximum Gasteiger partial charge on any atom is 0.392 e. The third-order valence-corrected chi connectivity index (χ3v) is 2.90. The van der Waals surface area contributed by atoms with Crippen LogP contribution in [0.2, 0.25) is 0 Å². The molecular weight excluding hydrogens is 244 g/mol. The maximum absolute atomic E-state index is 10.7. The summed E-state index contributed by atoms with van der Waals surface area (Å²) in [7, 11) is 0. The van der Waals surface area contributed by atoms with Crippen molar-refractivity contribution in [1.82, 2.24) is 9.78 Å². The molecule has 0 spiro atoms. The predicted molar refractivity (Wildman–Crippen MR) is 72.8 cm³/mol. The highest BCUT2D eigenvalue weighted by Crippen LogP contribution is 2.15. The Balaban J connectivity index is 1.92. The topological polar surface area (TPSA) is 87.0 Å². The Morgan fingerprint density at radius 3 is 2.89 bits per heavy atom. The molecule has 0 bridgehead atoms. The summed E-state index contributed by atoms with van der Waals surface area (Å²) in [5.41, 5.74) is 8.22. The molecule has 2 rings (SSSR count). The number of benzene rings is 1. The van der Waals surface area contributed by atoms with Crippen molar-refractivity contribution in [3.63, 3.8) is 0 Å². The minimum atomic E-state index is -0.455. The lowest BCUT2D eigenvalue weighted by atomic mass is 10.1. The zero-order chi connectivity index (χ0) is 13.8. The fourth-order valence-corrected chi connectivity index (χ4v) is 2.00. The number of nitro groups is 1. The third-order valence-electron chi connectivity index (χ3n) is 2.90. The lowest BCUT2D eigenvalue weighted by Gasteiger charge is -2.01. The van der Waals surface area contributed by atoms with Crippen molar-refractivity contribution in [3.05, 3.63) is 51.7 Å². The zero-order valence-corrected chi connectivity index (χ0v) is 10.7. The van der Waals surface area contributed by atoms with Gasteiger partial charge in [0.1, 0.15) is 0 Å². The van der Waals surface area contributed by atoms with Gasteiger partial charge in [-0.3, -0.25) is 0 Å². The van der Waals surface area contributed by atoms with Crippen molar-refractivity contribution < 1.29 is 4.92 Å². The highest BCUT2D eigenvalue weighted by Gasteiger charge is 2.16. The summed E-state index contributed by atoms with van der Waals surface area (Å²) in [6.07, 6.45) is 3.44. The largest absolute Gasteiger partial charge is 0.399 e. The Bertz CT molecular complexity index is 592. The number of nitrogen functional groups attached to an aromatic ring is 1.